The van der Waals surface area contributed by atoms with Crippen LogP contribution in [0.3, 0.4) is 0 Å². The molecule has 2 N–H and O–H groups in total. The van der Waals surface area contributed by atoms with E-state index in [0.29, 0.717) is 5.02 Å². The summed E-state index contributed by atoms with van der Waals surface area (Å²) in [5, 5.41) is 7.57. The number of rotatable bonds is 5. The van der Waals surface area contributed by atoms with Crippen LogP contribution < -0.4 is 15.4 Å². The first-order valence-electron chi connectivity index (χ1n) is 6.45. The Hall–Kier alpha value is -0.770. The van der Waals surface area contributed by atoms with Crippen molar-refractivity contribution in [2.45, 2.75) is 19.9 Å². The number of ether oxygens (including phenoxy) is 1. The van der Waals surface area contributed by atoms with Crippen LogP contribution in [-0.2, 0) is 6.54 Å². The van der Waals surface area contributed by atoms with E-state index in [-0.39, 0.29) is 0 Å². The molecule has 3 nitrogen and oxygen atoms in total. The zero-order valence-corrected chi connectivity index (χ0v) is 11.8. The molecule has 0 aliphatic carbocycles. The van der Waals surface area contributed by atoms with Crippen molar-refractivity contribution in [2.24, 2.45) is 5.92 Å². The second-order valence-electron chi connectivity index (χ2n) is 4.90. The largest absolute Gasteiger partial charge is 0.495 e. The van der Waals surface area contributed by atoms with E-state index >= 15 is 0 Å². The van der Waals surface area contributed by atoms with Gasteiger partial charge in [0.15, 0.2) is 0 Å². The van der Waals surface area contributed by atoms with Gasteiger partial charge in [0.1, 0.15) is 5.75 Å². The van der Waals surface area contributed by atoms with Gasteiger partial charge in [-0.15, -0.1) is 0 Å². The quantitative estimate of drug-likeness (QED) is 0.860. The van der Waals surface area contributed by atoms with Crippen molar-refractivity contribution in [2.75, 3.05) is 26.7 Å². The Bertz CT molecular complexity index is 403. The summed E-state index contributed by atoms with van der Waals surface area (Å²) in [4.78, 5) is 0. The zero-order valence-electron chi connectivity index (χ0n) is 11.1. The molecule has 1 aromatic rings. The van der Waals surface area contributed by atoms with E-state index in [2.05, 4.69) is 17.6 Å². The maximum Gasteiger partial charge on any atom is 0.137 e. The average molecular weight is 269 g/mol. The lowest BCUT2D eigenvalue weighted by Crippen LogP contribution is -2.24. The van der Waals surface area contributed by atoms with Crippen LogP contribution in [0, 0.1) is 12.8 Å². The van der Waals surface area contributed by atoms with Crippen molar-refractivity contribution in [3.05, 3.63) is 28.3 Å². The molecule has 2 rings (SSSR count). The molecular weight excluding hydrogens is 248 g/mol. The smallest absolute Gasteiger partial charge is 0.137 e. The lowest BCUT2D eigenvalue weighted by molar-refractivity contribution is 0.414. The maximum absolute atomic E-state index is 6.14. The van der Waals surface area contributed by atoms with E-state index in [0.717, 1.165) is 37.8 Å². The summed E-state index contributed by atoms with van der Waals surface area (Å²) in [5.74, 6) is 1.51. The molecule has 1 unspecified atom stereocenters. The minimum absolute atomic E-state index is 0.683. The standard InChI is InChI=1S/C14H21ClN2O/c1-10-5-14(18-2)13(15)6-12(10)9-17-8-11-3-4-16-7-11/h5-6,11,16-17H,3-4,7-9H2,1-2H3. The summed E-state index contributed by atoms with van der Waals surface area (Å²) in [6.07, 6.45) is 1.27. The lowest BCUT2D eigenvalue weighted by Gasteiger charge is -2.13. The molecule has 1 heterocycles. The van der Waals surface area contributed by atoms with Gasteiger partial charge in [-0.1, -0.05) is 11.6 Å². The van der Waals surface area contributed by atoms with Gasteiger partial charge in [-0.25, -0.2) is 0 Å². The molecule has 0 saturated carbocycles. The van der Waals surface area contributed by atoms with Gasteiger partial charge < -0.3 is 15.4 Å². The van der Waals surface area contributed by atoms with Crippen LogP contribution in [0.15, 0.2) is 12.1 Å². The molecule has 1 saturated heterocycles. The van der Waals surface area contributed by atoms with E-state index in [9.17, 15) is 0 Å². The molecule has 0 bridgehead atoms. The highest BCUT2D eigenvalue weighted by Gasteiger charge is 2.13. The van der Waals surface area contributed by atoms with Gasteiger partial charge >= 0.3 is 0 Å². The van der Waals surface area contributed by atoms with Crippen LogP contribution >= 0.6 is 11.6 Å². The first-order chi connectivity index (χ1) is 8.70. The van der Waals surface area contributed by atoms with Crippen LogP contribution in [0.2, 0.25) is 5.02 Å². The molecule has 100 valence electrons. The maximum atomic E-state index is 6.14. The van der Waals surface area contributed by atoms with Crippen LogP contribution in [0.4, 0.5) is 0 Å². The van der Waals surface area contributed by atoms with Crippen LogP contribution in [0.1, 0.15) is 17.5 Å². The minimum atomic E-state index is 0.683. The highest BCUT2D eigenvalue weighted by atomic mass is 35.5. The molecular formula is C14H21ClN2O. The summed E-state index contributed by atoms with van der Waals surface area (Å²) < 4.78 is 5.21. The van der Waals surface area contributed by atoms with Crippen molar-refractivity contribution < 1.29 is 4.74 Å². The van der Waals surface area contributed by atoms with Gasteiger partial charge in [0.25, 0.3) is 0 Å². The normalized spacial score (nSPS) is 19.2. The lowest BCUT2D eigenvalue weighted by atomic mass is 10.1. The third-order valence-electron chi connectivity index (χ3n) is 3.52. The molecule has 1 atom stereocenters. The molecule has 1 fully saturated rings. The summed E-state index contributed by atoms with van der Waals surface area (Å²) in [7, 11) is 1.64. The number of hydrogen-bond donors (Lipinski definition) is 2. The Morgan fingerprint density at radius 2 is 2.33 bits per heavy atom. The Kier molecular flexibility index (Phi) is 4.87. The van der Waals surface area contributed by atoms with Gasteiger partial charge in [-0.2, -0.15) is 0 Å². The van der Waals surface area contributed by atoms with E-state index in [4.69, 9.17) is 16.3 Å². The van der Waals surface area contributed by atoms with E-state index in [1.54, 1.807) is 7.11 Å². The van der Waals surface area contributed by atoms with Crippen molar-refractivity contribution in [1.29, 1.82) is 0 Å². The summed E-state index contributed by atoms with van der Waals surface area (Å²) >= 11 is 6.14. The van der Waals surface area contributed by atoms with Crippen molar-refractivity contribution in [3.8, 4) is 5.75 Å². The topological polar surface area (TPSA) is 33.3 Å². The van der Waals surface area contributed by atoms with Gasteiger partial charge in [-0.05, 0) is 62.2 Å². The van der Waals surface area contributed by atoms with Gasteiger partial charge in [0.05, 0.1) is 12.1 Å². The second-order valence-corrected chi connectivity index (χ2v) is 5.31. The van der Waals surface area contributed by atoms with E-state index < -0.39 is 0 Å². The molecule has 0 amide bonds. The fourth-order valence-corrected chi connectivity index (χ4v) is 2.61. The van der Waals surface area contributed by atoms with Gasteiger partial charge in [0, 0.05) is 6.54 Å². The second kappa shape index (κ2) is 6.41. The van der Waals surface area contributed by atoms with Gasteiger partial charge in [-0.3, -0.25) is 0 Å². The summed E-state index contributed by atoms with van der Waals surface area (Å²) in [6.45, 7) is 6.31. The van der Waals surface area contributed by atoms with Crippen molar-refractivity contribution in [1.82, 2.24) is 10.6 Å². The zero-order chi connectivity index (χ0) is 13.0. The molecule has 1 aliphatic heterocycles. The Balaban J connectivity index is 1.90. The number of methoxy groups -OCH3 is 1. The summed E-state index contributed by atoms with van der Waals surface area (Å²) in [6, 6.07) is 3.99. The van der Waals surface area contributed by atoms with E-state index in [1.807, 2.05) is 12.1 Å². The van der Waals surface area contributed by atoms with Gasteiger partial charge in [0.2, 0.25) is 0 Å². The number of halogens is 1. The number of aryl methyl sites for hydroxylation is 1. The molecule has 1 aliphatic rings. The predicted molar refractivity (Wildman–Crippen MR) is 75.4 cm³/mol. The van der Waals surface area contributed by atoms with Crippen LogP contribution in [0.25, 0.3) is 0 Å². The molecule has 18 heavy (non-hydrogen) atoms. The van der Waals surface area contributed by atoms with Crippen LogP contribution in [-0.4, -0.2) is 26.7 Å². The molecule has 0 spiro atoms. The SMILES string of the molecule is COc1cc(C)c(CNCC2CCNC2)cc1Cl. The molecule has 0 aromatic heterocycles. The third-order valence-corrected chi connectivity index (χ3v) is 3.82. The summed E-state index contributed by atoms with van der Waals surface area (Å²) in [5.41, 5.74) is 2.46. The predicted octanol–water partition coefficient (Wildman–Crippen LogP) is 2.36. The minimum Gasteiger partial charge on any atom is -0.495 e. The Morgan fingerprint density at radius 3 is 3.00 bits per heavy atom. The monoisotopic (exact) mass is 268 g/mol. The van der Waals surface area contributed by atoms with Crippen molar-refractivity contribution in [3.63, 3.8) is 0 Å². The number of nitrogens with one attached hydrogen (secondary N) is 2. The highest BCUT2D eigenvalue weighted by molar-refractivity contribution is 6.32. The average Bonchev–Trinajstić information content (AvgIpc) is 2.86. The fraction of sp³-hybridized carbons (Fsp3) is 0.571. The highest BCUT2D eigenvalue weighted by Crippen LogP contribution is 2.27. The third kappa shape index (κ3) is 3.37. The van der Waals surface area contributed by atoms with Crippen molar-refractivity contribution >= 4 is 11.6 Å². The molecule has 1 aromatic carbocycles. The van der Waals surface area contributed by atoms with E-state index in [1.165, 1.54) is 17.5 Å². The Labute approximate surface area is 114 Å². The van der Waals surface area contributed by atoms with Crippen LogP contribution in [0.5, 0.6) is 5.75 Å². The first kappa shape index (κ1) is 13.7. The first-order valence-corrected chi connectivity index (χ1v) is 6.83. The molecule has 0 radical (unpaired) electrons. The molecule has 4 heteroatoms. The Morgan fingerprint density at radius 1 is 1.50 bits per heavy atom. The fourth-order valence-electron chi connectivity index (χ4n) is 2.34. The number of hydrogen-bond acceptors (Lipinski definition) is 3. The number of benzene rings is 1.